The first-order valence-corrected chi connectivity index (χ1v) is 4.95. The molecular weight excluding hydrogens is 188 g/mol. The lowest BCUT2D eigenvalue weighted by Crippen LogP contribution is -1.90. The number of rotatable bonds is 2. The van der Waals surface area contributed by atoms with E-state index in [0.717, 1.165) is 23.4 Å². The predicted molar refractivity (Wildman–Crippen MR) is 60.2 cm³/mol. The van der Waals surface area contributed by atoms with Crippen molar-refractivity contribution in [1.82, 2.24) is 14.8 Å². The van der Waals surface area contributed by atoms with Gasteiger partial charge < -0.3 is 5.73 Å². The van der Waals surface area contributed by atoms with Crippen LogP contribution in [0.25, 0.3) is 11.3 Å². The van der Waals surface area contributed by atoms with Gasteiger partial charge in [-0.2, -0.15) is 5.10 Å². The zero-order valence-electron chi connectivity index (χ0n) is 8.94. The molecule has 4 nitrogen and oxygen atoms in total. The van der Waals surface area contributed by atoms with Gasteiger partial charge in [-0.1, -0.05) is 6.92 Å². The Labute approximate surface area is 88.8 Å². The zero-order valence-corrected chi connectivity index (χ0v) is 8.94. The Morgan fingerprint density at radius 2 is 2.20 bits per heavy atom. The van der Waals surface area contributed by atoms with Gasteiger partial charge in [-0.25, -0.2) is 0 Å². The summed E-state index contributed by atoms with van der Waals surface area (Å²) in [5.41, 5.74) is 9.35. The van der Waals surface area contributed by atoms with E-state index < -0.39 is 0 Å². The largest absolute Gasteiger partial charge is 0.397 e. The van der Waals surface area contributed by atoms with Crippen LogP contribution >= 0.6 is 0 Å². The number of aryl methyl sites for hydroxylation is 2. The van der Waals surface area contributed by atoms with Crippen LogP contribution < -0.4 is 5.73 Å². The van der Waals surface area contributed by atoms with Crippen molar-refractivity contribution in [3.05, 3.63) is 30.2 Å². The Kier molecular flexibility index (Phi) is 2.41. The first-order valence-electron chi connectivity index (χ1n) is 4.95. The molecule has 0 unspecified atom stereocenters. The van der Waals surface area contributed by atoms with Gasteiger partial charge in [0.25, 0.3) is 0 Å². The summed E-state index contributed by atoms with van der Waals surface area (Å²) in [5, 5.41) is 4.37. The van der Waals surface area contributed by atoms with E-state index in [4.69, 9.17) is 5.73 Å². The number of pyridine rings is 1. The van der Waals surface area contributed by atoms with E-state index >= 15 is 0 Å². The molecule has 2 aromatic heterocycles. The molecule has 0 fully saturated rings. The number of aromatic nitrogens is 3. The van der Waals surface area contributed by atoms with E-state index in [0.29, 0.717) is 5.69 Å². The summed E-state index contributed by atoms with van der Waals surface area (Å²) in [5.74, 6) is 0. The highest BCUT2D eigenvalue weighted by Crippen LogP contribution is 2.21. The Bertz CT molecular complexity index is 456. The smallest absolute Gasteiger partial charge is 0.0738 e. The number of hydrogen-bond donors (Lipinski definition) is 1. The highest BCUT2D eigenvalue weighted by molar-refractivity contribution is 5.62. The van der Waals surface area contributed by atoms with Crippen molar-refractivity contribution in [1.29, 1.82) is 0 Å². The lowest BCUT2D eigenvalue weighted by molar-refractivity contribution is 0.746. The summed E-state index contributed by atoms with van der Waals surface area (Å²) in [7, 11) is 1.92. The predicted octanol–water partition coefficient (Wildman–Crippen LogP) is 1.63. The van der Waals surface area contributed by atoms with Crippen molar-refractivity contribution >= 4 is 5.69 Å². The van der Waals surface area contributed by atoms with Gasteiger partial charge in [0.15, 0.2) is 0 Å². The van der Waals surface area contributed by atoms with Gasteiger partial charge in [0.1, 0.15) is 0 Å². The van der Waals surface area contributed by atoms with E-state index in [-0.39, 0.29) is 0 Å². The Morgan fingerprint density at radius 1 is 1.40 bits per heavy atom. The Hall–Kier alpha value is -1.84. The number of nitrogens with two attached hydrogens (primary N) is 1. The minimum atomic E-state index is 0.681. The third-order valence-electron chi connectivity index (χ3n) is 2.30. The van der Waals surface area contributed by atoms with E-state index in [1.165, 1.54) is 0 Å². The summed E-state index contributed by atoms with van der Waals surface area (Å²) in [4.78, 5) is 4.29. The maximum atomic E-state index is 5.60. The fourth-order valence-electron chi connectivity index (χ4n) is 1.57. The van der Waals surface area contributed by atoms with E-state index in [1.54, 1.807) is 6.20 Å². The molecule has 2 rings (SSSR count). The number of nitrogen functional groups attached to an aromatic ring is 1. The van der Waals surface area contributed by atoms with Crippen molar-refractivity contribution in [2.45, 2.75) is 13.3 Å². The first kappa shape index (κ1) is 9.71. The molecule has 0 amide bonds. The first-order chi connectivity index (χ1) is 7.20. The Morgan fingerprint density at radius 3 is 2.80 bits per heavy atom. The molecule has 0 saturated heterocycles. The molecule has 2 aromatic rings. The maximum absolute atomic E-state index is 5.60. The van der Waals surface area contributed by atoms with Gasteiger partial charge in [0, 0.05) is 18.8 Å². The number of nitrogens with zero attached hydrogens (tertiary/aromatic N) is 3. The summed E-state index contributed by atoms with van der Waals surface area (Å²) < 4.78 is 1.81. The van der Waals surface area contributed by atoms with Gasteiger partial charge in [-0.3, -0.25) is 9.67 Å². The standard InChI is InChI=1S/C11H14N4/c1-3-10-9(7-15(2)14-10)11-5-4-8(12)6-13-11/h4-7H,3,12H2,1-2H3. The molecule has 0 atom stereocenters. The van der Waals surface area contributed by atoms with E-state index in [1.807, 2.05) is 30.1 Å². The number of anilines is 1. The van der Waals surface area contributed by atoms with Gasteiger partial charge >= 0.3 is 0 Å². The van der Waals surface area contributed by atoms with Crippen LogP contribution in [0, 0.1) is 0 Å². The molecule has 4 heteroatoms. The van der Waals surface area contributed by atoms with Crippen LogP contribution in [0.5, 0.6) is 0 Å². The van der Waals surface area contributed by atoms with Gasteiger partial charge in [-0.15, -0.1) is 0 Å². The second kappa shape index (κ2) is 3.73. The maximum Gasteiger partial charge on any atom is 0.0738 e. The highest BCUT2D eigenvalue weighted by Gasteiger charge is 2.08. The highest BCUT2D eigenvalue weighted by atomic mass is 15.3. The Balaban J connectivity index is 2.48. The van der Waals surface area contributed by atoms with Crippen molar-refractivity contribution in [3.8, 4) is 11.3 Å². The fraction of sp³-hybridized carbons (Fsp3) is 0.273. The third-order valence-corrected chi connectivity index (χ3v) is 2.30. The molecule has 0 aliphatic rings. The minimum Gasteiger partial charge on any atom is -0.397 e. The monoisotopic (exact) mass is 202 g/mol. The molecule has 2 N–H and O–H groups in total. The SMILES string of the molecule is CCc1nn(C)cc1-c1ccc(N)cn1. The molecule has 0 saturated carbocycles. The molecule has 0 aliphatic carbocycles. The molecule has 0 spiro atoms. The van der Waals surface area contributed by atoms with Crippen LogP contribution in [-0.2, 0) is 13.5 Å². The minimum absolute atomic E-state index is 0.681. The molecule has 2 heterocycles. The molecule has 0 radical (unpaired) electrons. The van der Waals surface area contributed by atoms with Crippen LogP contribution in [-0.4, -0.2) is 14.8 Å². The normalized spacial score (nSPS) is 10.5. The second-order valence-electron chi connectivity index (χ2n) is 3.49. The fourth-order valence-corrected chi connectivity index (χ4v) is 1.57. The summed E-state index contributed by atoms with van der Waals surface area (Å²) >= 11 is 0. The summed E-state index contributed by atoms with van der Waals surface area (Å²) in [6.07, 6.45) is 4.56. The van der Waals surface area contributed by atoms with Crippen molar-refractivity contribution in [2.75, 3.05) is 5.73 Å². The van der Waals surface area contributed by atoms with Crippen molar-refractivity contribution in [2.24, 2.45) is 7.05 Å². The summed E-state index contributed by atoms with van der Waals surface area (Å²) in [6, 6.07) is 3.78. The molecule has 0 aromatic carbocycles. The van der Waals surface area contributed by atoms with Crippen LogP contribution in [0.3, 0.4) is 0 Å². The molecule has 78 valence electrons. The molecular formula is C11H14N4. The van der Waals surface area contributed by atoms with Gasteiger partial charge in [0.05, 0.1) is 23.3 Å². The van der Waals surface area contributed by atoms with Gasteiger partial charge in [-0.05, 0) is 18.6 Å². The molecule has 0 bridgehead atoms. The van der Waals surface area contributed by atoms with Crippen molar-refractivity contribution < 1.29 is 0 Å². The quantitative estimate of drug-likeness (QED) is 0.805. The topological polar surface area (TPSA) is 56.7 Å². The van der Waals surface area contributed by atoms with E-state index in [9.17, 15) is 0 Å². The van der Waals surface area contributed by atoms with E-state index in [2.05, 4.69) is 17.0 Å². The van der Waals surface area contributed by atoms with Crippen molar-refractivity contribution in [3.63, 3.8) is 0 Å². The lowest BCUT2D eigenvalue weighted by atomic mass is 10.1. The third kappa shape index (κ3) is 1.83. The van der Waals surface area contributed by atoms with Gasteiger partial charge in [0.2, 0.25) is 0 Å². The second-order valence-corrected chi connectivity index (χ2v) is 3.49. The van der Waals surface area contributed by atoms with Crippen LogP contribution in [0.1, 0.15) is 12.6 Å². The van der Waals surface area contributed by atoms with Crippen LogP contribution in [0.15, 0.2) is 24.5 Å². The molecule has 0 aliphatic heterocycles. The number of hydrogen-bond acceptors (Lipinski definition) is 3. The molecule has 15 heavy (non-hydrogen) atoms. The van der Waals surface area contributed by atoms with Crippen LogP contribution in [0.2, 0.25) is 0 Å². The van der Waals surface area contributed by atoms with Crippen LogP contribution in [0.4, 0.5) is 5.69 Å². The average Bonchev–Trinajstić information content (AvgIpc) is 2.61. The summed E-state index contributed by atoms with van der Waals surface area (Å²) in [6.45, 7) is 2.09. The zero-order chi connectivity index (χ0) is 10.8. The average molecular weight is 202 g/mol. The lowest BCUT2D eigenvalue weighted by Gasteiger charge is -1.99.